The first-order valence-electron chi connectivity index (χ1n) is 7.29. The molecule has 0 atom stereocenters. The van der Waals surface area contributed by atoms with Crippen LogP contribution in [0.15, 0.2) is 41.4 Å². The number of nitrogens with zero attached hydrogens (tertiary/aromatic N) is 1. The van der Waals surface area contributed by atoms with Gasteiger partial charge in [-0.05, 0) is 37.6 Å². The molecular weight excluding hydrogens is 320 g/mol. The fourth-order valence-corrected chi connectivity index (χ4v) is 2.83. The first kappa shape index (κ1) is 15.9. The Labute approximate surface area is 138 Å². The van der Waals surface area contributed by atoms with Gasteiger partial charge in [0.2, 0.25) is 0 Å². The van der Waals surface area contributed by atoms with Crippen LogP contribution in [-0.4, -0.2) is 18.0 Å². The van der Waals surface area contributed by atoms with Gasteiger partial charge in [-0.15, -0.1) is 0 Å². The summed E-state index contributed by atoms with van der Waals surface area (Å²) in [7, 11) is 0. The molecule has 0 unspecified atom stereocenters. The normalized spacial score (nSPS) is 16.1. The molecule has 5 heteroatoms. The van der Waals surface area contributed by atoms with Crippen molar-refractivity contribution in [3.63, 3.8) is 0 Å². The van der Waals surface area contributed by atoms with Crippen molar-refractivity contribution in [3.8, 4) is 11.1 Å². The van der Waals surface area contributed by atoms with Crippen LogP contribution in [0.3, 0.4) is 0 Å². The number of rotatable bonds is 3. The molecule has 0 bridgehead atoms. The van der Waals surface area contributed by atoms with Crippen molar-refractivity contribution in [2.45, 2.75) is 25.8 Å². The summed E-state index contributed by atoms with van der Waals surface area (Å²) in [6.07, 6.45) is 0.537. The third kappa shape index (κ3) is 3.53. The topological polar surface area (TPSA) is 21.6 Å². The predicted molar refractivity (Wildman–Crippen MR) is 88.0 cm³/mol. The van der Waals surface area contributed by atoms with Crippen molar-refractivity contribution in [1.29, 1.82) is 0 Å². The molecule has 0 radical (unpaired) electrons. The second-order valence-corrected chi connectivity index (χ2v) is 6.63. The molecule has 120 valence electrons. The summed E-state index contributed by atoms with van der Waals surface area (Å²) in [5, 5.41) is 0.408. The second kappa shape index (κ2) is 5.93. The van der Waals surface area contributed by atoms with Gasteiger partial charge in [0, 0.05) is 28.6 Å². The van der Waals surface area contributed by atoms with Gasteiger partial charge < -0.3 is 4.74 Å². The zero-order valence-electron chi connectivity index (χ0n) is 12.9. The van der Waals surface area contributed by atoms with Gasteiger partial charge in [-0.1, -0.05) is 23.7 Å². The number of aliphatic imine (C=N–C) groups is 1. The zero-order valence-corrected chi connectivity index (χ0v) is 13.6. The zero-order chi connectivity index (χ0) is 16.6. The van der Waals surface area contributed by atoms with Crippen molar-refractivity contribution in [3.05, 3.63) is 58.6 Å². The summed E-state index contributed by atoms with van der Waals surface area (Å²) >= 11 is 6.28. The molecule has 0 fully saturated rings. The standard InChI is InChI=1S/C18H16ClF2NO/c1-18(2)10-23-17(22-18)8-11-3-5-13(15(19)7-11)14-6-4-12(20)9-16(14)21/h3-7,9H,8,10H2,1-2H3. The smallest absolute Gasteiger partial charge is 0.188 e. The Hall–Kier alpha value is -1.94. The molecule has 0 N–H and O–H groups in total. The Morgan fingerprint density at radius 1 is 1.13 bits per heavy atom. The maximum absolute atomic E-state index is 13.9. The van der Waals surface area contributed by atoms with Crippen molar-refractivity contribution in [2.24, 2.45) is 4.99 Å². The van der Waals surface area contributed by atoms with Crippen LogP contribution in [-0.2, 0) is 11.2 Å². The summed E-state index contributed by atoms with van der Waals surface area (Å²) in [5.41, 5.74) is 1.54. The minimum absolute atomic E-state index is 0.198. The molecule has 3 rings (SSSR count). The number of hydrogen-bond donors (Lipinski definition) is 0. The third-order valence-corrected chi connectivity index (χ3v) is 3.94. The maximum atomic E-state index is 13.9. The van der Waals surface area contributed by atoms with E-state index >= 15 is 0 Å². The molecule has 2 nitrogen and oxygen atoms in total. The minimum atomic E-state index is -0.634. The van der Waals surface area contributed by atoms with E-state index in [0.29, 0.717) is 29.5 Å². The second-order valence-electron chi connectivity index (χ2n) is 6.22. The van der Waals surface area contributed by atoms with E-state index in [4.69, 9.17) is 16.3 Å². The molecule has 0 spiro atoms. The Bertz CT molecular complexity index is 787. The van der Waals surface area contributed by atoms with Gasteiger partial charge in [-0.25, -0.2) is 13.8 Å². The lowest BCUT2D eigenvalue weighted by Gasteiger charge is -2.09. The van der Waals surface area contributed by atoms with E-state index < -0.39 is 11.6 Å². The van der Waals surface area contributed by atoms with Gasteiger partial charge in [0.15, 0.2) is 5.90 Å². The highest BCUT2D eigenvalue weighted by atomic mass is 35.5. The highest BCUT2D eigenvalue weighted by Gasteiger charge is 2.26. The Balaban J connectivity index is 1.87. The van der Waals surface area contributed by atoms with Crippen LogP contribution in [0.4, 0.5) is 8.78 Å². The molecule has 0 aliphatic carbocycles. The molecule has 1 aliphatic heterocycles. The highest BCUT2D eigenvalue weighted by molar-refractivity contribution is 6.33. The van der Waals surface area contributed by atoms with Crippen molar-refractivity contribution < 1.29 is 13.5 Å². The average molecular weight is 336 g/mol. The van der Waals surface area contributed by atoms with E-state index in [2.05, 4.69) is 4.99 Å². The summed E-state index contributed by atoms with van der Waals surface area (Å²) in [4.78, 5) is 4.50. The minimum Gasteiger partial charge on any atom is -0.478 e. The van der Waals surface area contributed by atoms with E-state index in [9.17, 15) is 8.78 Å². The molecule has 23 heavy (non-hydrogen) atoms. The molecule has 0 amide bonds. The maximum Gasteiger partial charge on any atom is 0.188 e. The molecule has 0 aromatic heterocycles. The van der Waals surface area contributed by atoms with Gasteiger partial charge in [0.1, 0.15) is 18.2 Å². The number of halogens is 3. The van der Waals surface area contributed by atoms with Gasteiger partial charge >= 0.3 is 0 Å². The van der Waals surface area contributed by atoms with E-state index in [1.807, 2.05) is 19.9 Å². The van der Waals surface area contributed by atoms with Crippen LogP contribution in [0.5, 0.6) is 0 Å². The van der Waals surface area contributed by atoms with Gasteiger partial charge in [-0.2, -0.15) is 0 Å². The van der Waals surface area contributed by atoms with E-state index in [1.54, 1.807) is 12.1 Å². The quantitative estimate of drug-likeness (QED) is 0.770. The summed E-state index contributed by atoms with van der Waals surface area (Å²) in [6, 6.07) is 8.79. The summed E-state index contributed by atoms with van der Waals surface area (Å²) in [6.45, 7) is 4.58. The van der Waals surface area contributed by atoms with Crippen LogP contribution < -0.4 is 0 Å². The molecular formula is C18H16ClF2NO. The van der Waals surface area contributed by atoms with Crippen LogP contribution >= 0.6 is 11.6 Å². The lowest BCUT2D eigenvalue weighted by Crippen LogP contribution is -2.17. The summed E-state index contributed by atoms with van der Waals surface area (Å²) < 4.78 is 32.5. The Kier molecular flexibility index (Phi) is 4.11. The van der Waals surface area contributed by atoms with E-state index in [1.165, 1.54) is 12.1 Å². The number of benzene rings is 2. The average Bonchev–Trinajstić information content (AvgIpc) is 2.79. The van der Waals surface area contributed by atoms with Gasteiger partial charge in [0.05, 0.1) is 5.54 Å². The Morgan fingerprint density at radius 3 is 2.48 bits per heavy atom. The van der Waals surface area contributed by atoms with Gasteiger partial charge in [-0.3, -0.25) is 0 Å². The largest absolute Gasteiger partial charge is 0.478 e. The van der Waals surface area contributed by atoms with Crippen LogP contribution in [0.25, 0.3) is 11.1 Å². The molecule has 2 aromatic carbocycles. The number of hydrogen-bond acceptors (Lipinski definition) is 2. The fourth-order valence-electron chi connectivity index (χ4n) is 2.52. The Morgan fingerprint density at radius 2 is 1.87 bits per heavy atom. The predicted octanol–water partition coefficient (Wildman–Crippen LogP) is 5.04. The molecule has 0 saturated heterocycles. The number of ether oxygens (including phenoxy) is 1. The fraction of sp³-hybridized carbons (Fsp3) is 0.278. The first-order chi connectivity index (χ1) is 10.8. The van der Waals surface area contributed by atoms with Crippen molar-refractivity contribution in [1.82, 2.24) is 0 Å². The van der Waals surface area contributed by atoms with Crippen LogP contribution in [0, 0.1) is 11.6 Å². The molecule has 1 aliphatic rings. The monoisotopic (exact) mass is 335 g/mol. The van der Waals surface area contributed by atoms with Gasteiger partial charge in [0.25, 0.3) is 0 Å². The third-order valence-electron chi connectivity index (χ3n) is 3.63. The van der Waals surface area contributed by atoms with E-state index in [-0.39, 0.29) is 11.1 Å². The highest BCUT2D eigenvalue weighted by Crippen LogP contribution is 2.31. The molecule has 0 saturated carbocycles. The van der Waals surface area contributed by atoms with Crippen molar-refractivity contribution in [2.75, 3.05) is 6.61 Å². The molecule has 1 heterocycles. The lowest BCUT2D eigenvalue weighted by atomic mass is 10.0. The SMILES string of the molecule is CC1(C)COC(Cc2ccc(-c3ccc(F)cc3F)c(Cl)c2)=N1. The summed E-state index contributed by atoms with van der Waals surface area (Å²) in [5.74, 6) is -0.574. The van der Waals surface area contributed by atoms with Crippen LogP contribution in [0.1, 0.15) is 19.4 Å². The first-order valence-corrected chi connectivity index (χ1v) is 7.67. The molecule has 2 aromatic rings. The van der Waals surface area contributed by atoms with Crippen molar-refractivity contribution >= 4 is 17.5 Å². The van der Waals surface area contributed by atoms with E-state index in [0.717, 1.165) is 11.6 Å². The van der Waals surface area contributed by atoms with Crippen LogP contribution in [0.2, 0.25) is 5.02 Å². The lowest BCUT2D eigenvalue weighted by molar-refractivity contribution is 0.275.